The molecule has 0 radical (unpaired) electrons. The third kappa shape index (κ3) is 2.73. The van der Waals surface area contributed by atoms with Crippen LogP contribution in [0.25, 0.3) is 0 Å². The van der Waals surface area contributed by atoms with E-state index in [2.05, 4.69) is 18.7 Å². The van der Waals surface area contributed by atoms with Crippen LogP contribution in [0.3, 0.4) is 0 Å². The molecule has 0 aliphatic carbocycles. The summed E-state index contributed by atoms with van der Waals surface area (Å²) in [4.78, 5) is 2.40. The topological polar surface area (TPSA) is 29.3 Å². The molecule has 1 heterocycles. The first-order chi connectivity index (χ1) is 8.49. The Morgan fingerprint density at radius 1 is 1.28 bits per heavy atom. The zero-order valence-corrected chi connectivity index (χ0v) is 11.4. The predicted octanol–water partition coefficient (Wildman–Crippen LogP) is 2.80. The first kappa shape index (κ1) is 13.5. The van der Waals surface area contributed by atoms with Gasteiger partial charge in [-0.25, -0.2) is 4.39 Å². The standard InChI is InChI=1S/C15H23FN2/c1-10-8-18(9-11(10)2)15(12(3)17)13-5-4-6-14(16)7-13/h4-7,10-12,15H,8-9,17H2,1-3H3. The van der Waals surface area contributed by atoms with Gasteiger partial charge in [-0.15, -0.1) is 0 Å². The number of halogens is 1. The van der Waals surface area contributed by atoms with E-state index < -0.39 is 0 Å². The minimum Gasteiger partial charge on any atom is -0.326 e. The third-order valence-corrected chi connectivity index (χ3v) is 4.10. The second kappa shape index (κ2) is 5.37. The van der Waals surface area contributed by atoms with E-state index in [0.29, 0.717) is 11.8 Å². The molecule has 1 aromatic rings. The second-order valence-corrected chi connectivity index (χ2v) is 5.77. The van der Waals surface area contributed by atoms with Gasteiger partial charge in [0.1, 0.15) is 5.82 Å². The Labute approximate surface area is 109 Å². The van der Waals surface area contributed by atoms with Crippen molar-refractivity contribution in [1.29, 1.82) is 0 Å². The van der Waals surface area contributed by atoms with Crippen molar-refractivity contribution in [2.75, 3.05) is 13.1 Å². The average Bonchev–Trinajstić information content (AvgIpc) is 2.58. The van der Waals surface area contributed by atoms with Crippen LogP contribution in [-0.4, -0.2) is 24.0 Å². The van der Waals surface area contributed by atoms with Gasteiger partial charge in [0.05, 0.1) is 0 Å². The molecule has 0 spiro atoms. The van der Waals surface area contributed by atoms with Crippen LogP contribution in [-0.2, 0) is 0 Å². The Hall–Kier alpha value is -0.930. The lowest BCUT2D eigenvalue weighted by molar-refractivity contribution is 0.209. The van der Waals surface area contributed by atoms with Crippen molar-refractivity contribution in [2.24, 2.45) is 17.6 Å². The lowest BCUT2D eigenvalue weighted by atomic mass is 9.99. The van der Waals surface area contributed by atoms with Crippen LogP contribution in [0.2, 0.25) is 0 Å². The number of hydrogen-bond donors (Lipinski definition) is 1. The van der Waals surface area contributed by atoms with Gasteiger partial charge in [0.25, 0.3) is 0 Å². The van der Waals surface area contributed by atoms with E-state index in [4.69, 9.17) is 5.73 Å². The minimum atomic E-state index is -0.182. The van der Waals surface area contributed by atoms with Gasteiger partial charge in [-0.3, -0.25) is 4.90 Å². The summed E-state index contributed by atoms with van der Waals surface area (Å²) in [6, 6.07) is 6.96. The molecule has 2 rings (SSSR count). The maximum Gasteiger partial charge on any atom is 0.123 e. The average molecular weight is 250 g/mol. The van der Waals surface area contributed by atoms with Crippen molar-refractivity contribution in [3.05, 3.63) is 35.6 Å². The van der Waals surface area contributed by atoms with Crippen molar-refractivity contribution < 1.29 is 4.39 Å². The van der Waals surface area contributed by atoms with Crippen LogP contribution in [0.15, 0.2) is 24.3 Å². The maximum atomic E-state index is 13.4. The van der Waals surface area contributed by atoms with E-state index in [-0.39, 0.29) is 17.9 Å². The van der Waals surface area contributed by atoms with E-state index in [1.807, 2.05) is 13.0 Å². The lowest BCUT2D eigenvalue weighted by Crippen LogP contribution is -2.38. The van der Waals surface area contributed by atoms with E-state index >= 15 is 0 Å². The minimum absolute atomic E-state index is 0.00398. The molecule has 1 fully saturated rings. The van der Waals surface area contributed by atoms with Crippen molar-refractivity contribution in [1.82, 2.24) is 4.90 Å². The molecule has 4 unspecified atom stereocenters. The molecular formula is C15H23FN2. The van der Waals surface area contributed by atoms with Gasteiger partial charge in [-0.2, -0.15) is 0 Å². The highest BCUT2D eigenvalue weighted by Crippen LogP contribution is 2.32. The molecule has 0 saturated carbocycles. The van der Waals surface area contributed by atoms with Gasteiger partial charge in [-0.1, -0.05) is 26.0 Å². The first-order valence-corrected chi connectivity index (χ1v) is 6.74. The summed E-state index contributed by atoms with van der Waals surface area (Å²) in [6.45, 7) is 8.64. The second-order valence-electron chi connectivity index (χ2n) is 5.77. The van der Waals surface area contributed by atoms with Crippen molar-refractivity contribution in [2.45, 2.75) is 32.9 Å². The van der Waals surface area contributed by atoms with Crippen molar-refractivity contribution in [3.8, 4) is 0 Å². The number of nitrogens with zero attached hydrogens (tertiary/aromatic N) is 1. The Balaban J connectivity index is 2.24. The van der Waals surface area contributed by atoms with Crippen LogP contribution in [0.4, 0.5) is 4.39 Å². The van der Waals surface area contributed by atoms with Gasteiger partial charge in [0.2, 0.25) is 0 Å². The van der Waals surface area contributed by atoms with Crippen LogP contribution < -0.4 is 5.73 Å². The molecule has 1 aliphatic rings. The van der Waals surface area contributed by atoms with Crippen LogP contribution >= 0.6 is 0 Å². The fourth-order valence-electron chi connectivity index (χ4n) is 2.94. The normalized spacial score (nSPS) is 28.3. The third-order valence-electron chi connectivity index (χ3n) is 4.10. The highest BCUT2D eigenvalue weighted by Gasteiger charge is 2.33. The molecule has 1 aliphatic heterocycles. The molecule has 0 amide bonds. The van der Waals surface area contributed by atoms with E-state index in [1.54, 1.807) is 12.1 Å². The molecule has 100 valence electrons. The fourth-order valence-corrected chi connectivity index (χ4v) is 2.94. The van der Waals surface area contributed by atoms with Crippen molar-refractivity contribution >= 4 is 0 Å². The van der Waals surface area contributed by atoms with Crippen molar-refractivity contribution in [3.63, 3.8) is 0 Å². The van der Waals surface area contributed by atoms with Gasteiger partial charge in [0.15, 0.2) is 0 Å². The number of nitrogens with two attached hydrogens (primary N) is 1. The summed E-state index contributed by atoms with van der Waals surface area (Å²) in [6.07, 6.45) is 0. The fraction of sp³-hybridized carbons (Fsp3) is 0.600. The Bertz CT molecular complexity index is 395. The summed E-state index contributed by atoms with van der Waals surface area (Å²) in [5.74, 6) is 1.18. The molecule has 0 bridgehead atoms. The summed E-state index contributed by atoms with van der Waals surface area (Å²) < 4.78 is 13.4. The van der Waals surface area contributed by atoms with E-state index in [9.17, 15) is 4.39 Å². The number of hydrogen-bond acceptors (Lipinski definition) is 2. The Morgan fingerprint density at radius 2 is 1.89 bits per heavy atom. The maximum absolute atomic E-state index is 13.4. The molecule has 3 heteroatoms. The number of likely N-dealkylation sites (tertiary alicyclic amines) is 1. The zero-order valence-electron chi connectivity index (χ0n) is 11.4. The predicted molar refractivity (Wildman–Crippen MR) is 72.7 cm³/mol. The molecular weight excluding hydrogens is 227 g/mol. The Morgan fingerprint density at radius 3 is 2.39 bits per heavy atom. The van der Waals surface area contributed by atoms with E-state index in [0.717, 1.165) is 18.7 Å². The van der Waals surface area contributed by atoms with Gasteiger partial charge >= 0.3 is 0 Å². The van der Waals surface area contributed by atoms with Gasteiger partial charge < -0.3 is 5.73 Å². The summed E-state index contributed by atoms with van der Waals surface area (Å²) in [5.41, 5.74) is 7.12. The quantitative estimate of drug-likeness (QED) is 0.894. The Kier molecular flexibility index (Phi) is 4.03. The molecule has 18 heavy (non-hydrogen) atoms. The SMILES string of the molecule is CC(N)C(c1cccc(F)c1)N1CC(C)C(C)C1. The number of benzene rings is 1. The molecule has 1 aromatic carbocycles. The lowest BCUT2D eigenvalue weighted by Gasteiger charge is -2.31. The zero-order chi connectivity index (χ0) is 13.3. The largest absolute Gasteiger partial charge is 0.326 e. The van der Waals surface area contributed by atoms with Gasteiger partial charge in [0, 0.05) is 25.2 Å². The van der Waals surface area contributed by atoms with Crippen LogP contribution in [0, 0.1) is 17.7 Å². The summed E-state index contributed by atoms with van der Waals surface area (Å²) in [7, 11) is 0. The monoisotopic (exact) mass is 250 g/mol. The molecule has 0 aromatic heterocycles. The highest BCUT2D eigenvalue weighted by molar-refractivity contribution is 5.22. The molecule has 2 nitrogen and oxygen atoms in total. The van der Waals surface area contributed by atoms with Crippen LogP contribution in [0.1, 0.15) is 32.4 Å². The number of rotatable bonds is 3. The molecule has 2 N–H and O–H groups in total. The van der Waals surface area contributed by atoms with Crippen LogP contribution in [0.5, 0.6) is 0 Å². The summed E-state index contributed by atoms with van der Waals surface area (Å²) in [5, 5.41) is 0. The van der Waals surface area contributed by atoms with E-state index in [1.165, 1.54) is 6.07 Å². The molecule has 1 saturated heterocycles. The summed E-state index contributed by atoms with van der Waals surface area (Å²) >= 11 is 0. The molecule has 4 atom stereocenters. The van der Waals surface area contributed by atoms with Gasteiger partial charge in [-0.05, 0) is 36.5 Å². The highest BCUT2D eigenvalue weighted by atomic mass is 19.1. The first-order valence-electron chi connectivity index (χ1n) is 6.74. The smallest absolute Gasteiger partial charge is 0.123 e.